The molecule has 3 N–H and O–H groups in total. The lowest BCUT2D eigenvalue weighted by Gasteiger charge is -2.10. The molecule has 0 amide bonds. The Bertz CT molecular complexity index is 565. The number of aliphatic hydroxyl groups is 2. The van der Waals surface area contributed by atoms with Gasteiger partial charge >= 0.3 is 0 Å². The van der Waals surface area contributed by atoms with Crippen LogP contribution in [0.2, 0.25) is 0 Å². The number of hydrogen-bond acceptors (Lipinski definition) is 6. The zero-order chi connectivity index (χ0) is 14.4. The van der Waals surface area contributed by atoms with E-state index < -0.39 is 6.10 Å². The van der Waals surface area contributed by atoms with Crippen LogP contribution in [0.5, 0.6) is 0 Å². The summed E-state index contributed by atoms with van der Waals surface area (Å²) in [5.41, 5.74) is 0.877. The Morgan fingerprint density at radius 1 is 1.30 bits per heavy atom. The zero-order valence-corrected chi connectivity index (χ0v) is 12.2. The fourth-order valence-electron chi connectivity index (χ4n) is 1.70. The predicted octanol–water partition coefficient (Wildman–Crippen LogP) is 1.90. The van der Waals surface area contributed by atoms with Gasteiger partial charge in [-0.3, -0.25) is 0 Å². The first kappa shape index (κ1) is 15.0. The van der Waals surface area contributed by atoms with E-state index in [4.69, 9.17) is 5.11 Å². The molecule has 2 aromatic rings. The summed E-state index contributed by atoms with van der Waals surface area (Å²) in [7, 11) is 0. The number of thioether (sulfide) groups is 1. The van der Waals surface area contributed by atoms with Crippen molar-refractivity contribution >= 4 is 28.6 Å². The van der Waals surface area contributed by atoms with Gasteiger partial charge in [-0.25, -0.2) is 9.97 Å². The molecule has 20 heavy (non-hydrogen) atoms. The fourth-order valence-corrected chi connectivity index (χ4v) is 2.64. The average Bonchev–Trinajstić information content (AvgIpc) is 2.50. The molecule has 1 unspecified atom stereocenters. The highest BCUT2D eigenvalue weighted by molar-refractivity contribution is 7.99. The quantitative estimate of drug-likeness (QED) is 0.534. The van der Waals surface area contributed by atoms with Gasteiger partial charge in [0.1, 0.15) is 5.03 Å². The molecule has 108 valence electrons. The van der Waals surface area contributed by atoms with Crippen LogP contribution in [-0.4, -0.2) is 45.2 Å². The molecular formula is C14H19N3O2S. The maximum absolute atomic E-state index is 9.47. The Kier molecular flexibility index (Phi) is 5.58. The van der Waals surface area contributed by atoms with Gasteiger partial charge in [0.15, 0.2) is 0 Å². The molecular weight excluding hydrogens is 274 g/mol. The Hall–Kier alpha value is -1.37. The maximum Gasteiger partial charge on any atom is 0.224 e. The molecule has 1 heterocycles. The first-order chi connectivity index (χ1) is 9.74. The number of nitrogens with one attached hydrogen (secondary N) is 1. The van der Waals surface area contributed by atoms with Crippen molar-refractivity contribution in [1.82, 2.24) is 9.97 Å². The van der Waals surface area contributed by atoms with Crippen molar-refractivity contribution < 1.29 is 10.2 Å². The molecule has 0 spiro atoms. The van der Waals surface area contributed by atoms with Crippen LogP contribution >= 0.6 is 11.8 Å². The van der Waals surface area contributed by atoms with Gasteiger partial charge in [-0.05, 0) is 12.5 Å². The van der Waals surface area contributed by atoms with Crippen molar-refractivity contribution in [2.45, 2.75) is 24.5 Å². The minimum atomic E-state index is -0.735. The maximum atomic E-state index is 9.47. The number of aromatic nitrogens is 2. The van der Waals surface area contributed by atoms with Gasteiger partial charge < -0.3 is 15.5 Å². The van der Waals surface area contributed by atoms with E-state index in [1.54, 1.807) is 0 Å². The highest BCUT2D eigenvalue weighted by atomic mass is 32.2. The van der Waals surface area contributed by atoms with E-state index >= 15 is 0 Å². The molecule has 0 radical (unpaired) electrons. The third-order valence-corrected chi connectivity index (χ3v) is 3.86. The van der Waals surface area contributed by atoms with Crippen LogP contribution < -0.4 is 5.32 Å². The second kappa shape index (κ2) is 7.42. The van der Waals surface area contributed by atoms with Gasteiger partial charge in [0.2, 0.25) is 5.95 Å². The number of fused-ring (bicyclic) bond motifs is 1. The van der Waals surface area contributed by atoms with E-state index in [-0.39, 0.29) is 6.61 Å². The molecule has 0 aliphatic carbocycles. The lowest BCUT2D eigenvalue weighted by Crippen LogP contribution is -2.15. The van der Waals surface area contributed by atoms with Crippen LogP contribution in [0.4, 0.5) is 5.95 Å². The van der Waals surface area contributed by atoms with Crippen LogP contribution in [-0.2, 0) is 0 Å². The number of hydrogen-bond donors (Lipinski definition) is 3. The van der Waals surface area contributed by atoms with E-state index in [0.717, 1.165) is 28.9 Å². The van der Waals surface area contributed by atoms with Gasteiger partial charge in [-0.2, -0.15) is 0 Å². The molecule has 1 aromatic carbocycles. The summed E-state index contributed by atoms with van der Waals surface area (Å²) in [6.45, 7) is 2.67. The van der Waals surface area contributed by atoms with Crippen molar-refractivity contribution in [2.75, 3.05) is 24.2 Å². The summed E-state index contributed by atoms with van der Waals surface area (Å²) in [5.74, 6) is 1.01. The predicted molar refractivity (Wildman–Crippen MR) is 82.1 cm³/mol. The molecule has 0 bridgehead atoms. The third kappa shape index (κ3) is 3.82. The largest absolute Gasteiger partial charge is 0.394 e. The average molecular weight is 293 g/mol. The molecule has 0 aliphatic heterocycles. The van der Waals surface area contributed by atoms with E-state index in [1.807, 2.05) is 24.3 Å². The summed E-state index contributed by atoms with van der Waals surface area (Å²) in [4.78, 5) is 8.97. The van der Waals surface area contributed by atoms with Crippen molar-refractivity contribution in [1.29, 1.82) is 0 Å². The van der Waals surface area contributed by atoms with E-state index in [1.165, 1.54) is 11.8 Å². The Labute approximate surface area is 122 Å². The lowest BCUT2D eigenvalue weighted by molar-refractivity contribution is 0.113. The normalized spacial score (nSPS) is 12.6. The molecule has 0 fully saturated rings. The minimum absolute atomic E-state index is 0.239. The molecule has 2 rings (SSSR count). The summed E-state index contributed by atoms with van der Waals surface area (Å²) < 4.78 is 0. The molecule has 5 nitrogen and oxygen atoms in total. The molecule has 0 aliphatic rings. The van der Waals surface area contributed by atoms with E-state index in [2.05, 4.69) is 22.2 Å². The number of para-hydroxylation sites is 1. The first-order valence-electron chi connectivity index (χ1n) is 6.67. The minimum Gasteiger partial charge on any atom is -0.394 e. The van der Waals surface area contributed by atoms with Crippen LogP contribution in [0.25, 0.3) is 10.9 Å². The number of rotatable bonds is 7. The van der Waals surface area contributed by atoms with Gasteiger partial charge in [-0.1, -0.05) is 25.1 Å². The Morgan fingerprint density at radius 2 is 2.10 bits per heavy atom. The van der Waals surface area contributed by atoms with E-state index in [0.29, 0.717) is 11.7 Å². The SMILES string of the molecule is CCCNc1nc(SCC(O)CO)c2ccccc2n1. The van der Waals surface area contributed by atoms with Gasteiger partial charge in [0, 0.05) is 17.7 Å². The number of aliphatic hydroxyl groups excluding tert-OH is 2. The Balaban J connectivity index is 2.28. The van der Waals surface area contributed by atoms with Crippen LogP contribution in [0.3, 0.4) is 0 Å². The van der Waals surface area contributed by atoms with E-state index in [9.17, 15) is 5.11 Å². The standard InChI is InChI=1S/C14H19N3O2S/c1-2-7-15-14-16-12-6-4-3-5-11(12)13(17-14)20-9-10(19)8-18/h3-6,10,18-19H,2,7-9H2,1H3,(H,15,16,17). The van der Waals surface area contributed by atoms with Crippen molar-refractivity contribution in [3.63, 3.8) is 0 Å². The monoisotopic (exact) mass is 293 g/mol. The van der Waals surface area contributed by atoms with Crippen molar-refractivity contribution in [3.8, 4) is 0 Å². The molecule has 6 heteroatoms. The molecule has 0 saturated carbocycles. The third-order valence-electron chi connectivity index (χ3n) is 2.72. The summed E-state index contributed by atoms with van der Waals surface area (Å²) >= 11 is 1.43. The molecule has 1 atom stereocenters. The molecule has 0 saturated heterocycles. The number of nitrogens with zero attached hydrogens (tertiary/aromatic N) is 2. The fraction of sp³-hybridized carbons (Fsp3) is 0.429. The number of anilines is 1. The number of benzene rings is 1. The van der Waals surface area contributed by atoms with Gasteiger partial charge in [0.05, 0.1) is 18.2 Å². The summed E-state index contributed by atoms with van der Waals surface area (Å²) in [6.07, 6.45) is 0.266. The highest BCUT2D eigenvalue weighted by Crippen LogP contribution is 2.26. The van der Waals surface area contributed by atoms with Crippen molar-refractivity contribution in [2.24, 2.45) is 0 Å². The van der Waals surface area contributed by atoms with Crippen LogP contribution in [0.1, 0.15) is 13.3 Å². The summed E-state index contributed by atoms with van der Waals surface area (Å²) in [5, 5.41) is 23.3. The summed E-state index contributed by atoms with van der Waals surface area (Å²) in [6, 6.07) is 7.79. The second-order valence-electron chi connectivity index (χ2n) is 4.44. The van der Waals surface area contributed by atoms with Gasteiger partial charge in [-0.15, -0.1) is 11.8 Å². The zero-order valence-electron chi connectivity index (χ0n) is 11.4. The van der Waals surface area contributed by atoms with Crippen LogP contribution in [0, 0.1) is 0 Å². The Morgan fingerprint density at radius 3 is 2.85 bits per heavy atom. The smallest absolute Gasteiger partial charge is 0.224 e. The molecule has 1 aromatic heterocycles. The highest BCUT2D eigenvalue weighted by Gasteiger charge is 2.10. The van der Waals surface area contributed by atoms with Gasteiger partial charge in [0.25, 0.3) is 0 Å². The first-order valence-corrected chi connectivity index (χ1v) is 7.65. The van der Waals surface area contributed by atoms with Crippen LogP contribution in [0.15, 0.2) is 29.3 Å². The van der Waals surface area contributed by atoms with Crippen molar-refractivity contribution in [3.05, 3.63) is 24.3 Å². The topological polar surface area (TPSA) is 78.3 Å². The lowest BCUT2D eigenvalue weighted by atomic mass is 10.2. The second-order valence-corrected chi connectivity index (χ2v) is 5.45.